The predicted octanol–water partition coefficient (Wildman–Crippen LogP) is 6.78. The zero-order valence-electron chi connectivity index (χ0n) is 15.7. The van der Waals surface area contributed by atoms with Gasteiger partial charge < -0.3 is 5.32 Å². The third-order valence-corrected chi connectivity index (χ3v) is 4.60. The van der Waals surface area contributed by atoms with Gasteiger partial charge in [-0.25, -0.2) is 9.90 Å². The number of rotatable bonds is 17. The standard InChI is InChI=1S/C20H40NO2/c1-3-4-5-6-7-8-9-10-11-12-13-14-15-16-17-18-19(2)21-20(22)23/h19,21H,3-18H2,1-2H3. The average molecular weight is 327 g/mol. The zero-order chi connectivity index (χ0) is 17.2. The maximum atomic E-state index is 10.3. The first kappa shape index (κ1) is 22.3. The minimum Gasteiger partial charge on any atom is -0.316 e. The lowest BCUT2D eigenvalue weighted by atomic mass is 10.0. The fraction of sp³-hybridized carbons (Fsp3) is 0.950. The van der Waals surface area contributed by atoms with Crippen LogP contribution in [0.15, 0.2) is 0 Å². The molecule has 1 amide bonds. The molecular formula is C20H40NO2. The summed E-state index contributed by atoms with van der Waals surface area (Å²) in [7, 11) is 0. The Bertz CT molecular complexity index is 256. The summed E-state index contributed by atoms with van der Waals surface area (Å²) < 4.78 is 0. The van der Waals surface area contributed by atoms with E-state index >= 15 is 0 Å². The Hall–Kier alpha value is -0.730. The van der Waals surface area contributed by atoms with Crippen molar-refractivity contribution in [2.75, 3.05) is 0 Å². The van der Waals surface area contributed by atoms with Crippen LogP contribution < -0.4 is 5.32 Å². The van der Waals surface area contributed by atoms with Gasteiger partial charge in [-0.05, 0) is 13.3 Å². The van der Waals surface area contributed by atoms with Crippen LogP contribution in [0, 0.1) is 0 Å². The fourth-order valence-corrected chi connectivity index (χ4v) is 3.10. The minimum atomic E-state index is -1.15. The van der Waals surface area contributed by atoms with Crippen molar-refractivity contribution >= 4 is 6.09 Å². The van der Waals surface area contributed by atoms with Gasteiger partial charge in [0.1, 0.15) is 0 Å². The first-order valence-electron chi connectivity index (χ1n) is 10.1. The topological polar surface area (TPSA) is 49.0 Å². The van der Waals surface area contributed by atoms with Crippen LogP contribution in [-0.2, 0) is 5.11 Å². The third-order valence-electron chi connectivity index (χ3n) is 4.60. The first-order chi connectivity index (χ1) is 11.2. The normalized spacial score (nSPS) is 12.3. The summed E-state index contributed by atoms with van der Waals surface area (Å²) in [4.78, 5) is 10.3. The van der Waals surface area contributed by atoms with E-state index < -0.39 is 6.09 Å². The summed E-state index contributed by atoms with van der Waals surface area (Å²) in [6, 6.07) is 0.0296. The molecule has 0 fully saturated rings. The Labute approximate surface area is 144 Å². The van der Waals surface area contributed by atoms with Crippen LogP contribution in [-0.4, -0.2) is 12.1 Å². The van der Waals surface area contributed by atoms with Gasteiger partial charge >= 0.3 is 6.09 Å². The maximum absolute atomic E-state index is 10.3. The Morgan fingerprint density at radius 1 is 0.696 bits per heavy atom. The van der Waals surface area contributed by atoms with E-state index in [4.69, 9.17) is 0 Å². The van der Waals surface area contributed by atoms with Gasteiger partial charge in [0, 0.05) is 6.04 Å². The number of amides is 1. The van der Waals surface area contributed by atoms with Gasteiger partial charge in [0.05, 0.1) is 0 Å². The van der Waals surface area contributed by atoms with Crippen LogP contribution in [0.4, 0.5) is 4.79 Å². The van der Waals surface area contributed by atoms with E-state index in [1.807, 2.05) is 6.92 Å². The van der Waals surface area contributed by atoms with E-state index in [-0.39, 0.29) is 6.04 Å². The van der Waals surface area contributed by atoms with E-state index in [1.165, 1.54) is 89.9 Å². The van der Waals surface area contributed by atoms with Gasteiger partial charge in [0.15, 0.2) is 0 Å². The Kier molecular flexibility index (Phi) is 17.1. The average Bonchev–Trinajstić information content (AvgIpc) is 2.50. The van der Waals surface area contributed by atoms with E-state index in [0.29, 0.717) is 0 Å². The Balaban J connectivity index is 3.06. The van der Waals surface area contributed by atoms with Crippen molar-refractivity contribution in [3.05, 3.63) is 0 Å². The molecule has 3 nitrogen and oxygen atoms in total. The second kappa shape index (κ2) is 17.6. The van der Waals surface area contributed by atoms with Gasteiger partial charge in [-0.2, -0.15) is 0 Å². The van der Waals surface area contributed by atoms with Crippen LogP contribution in [0.2, 0.25) is 0 Å². The molecule has 0 heterocycles. The molecule has 1 atom stereocenters. The molecule has 0 bridgehead atoms. The quantitative estimate of drug-likeness (QED) is 0.294. The zero-order valence-corrected chi connectivity index (χ0v) is 15.7. The fourth-order valence-electron chi connectivity index (χ4n) is 3.10. The molecule has 0 aliphatic rings. The smallest absolute Gasteiger partial charge is 0.316 e. The van der Waals surface area contributed by atoms with Gasteiger partial charge in [-0.1, -0.05) is 103 Å². The van der Waals surface area contributed by atoms with Crippen molar-refractivity contribution in [3.8, 4) is 0 Å². The van der Waals surface area contributed by atoms with Crippen molar-refractivity contribution in [3.63, 3.8) is 0 Å². The van der Waals surface area contributed by atoms with Crippen LogP contribution >= 0.6 is 0 Å². The highest BCUT2D eigenvalue weighted by molar-refractivity contribution is 5.64. The number of unbranched alkanes of at least 4 members (excludes halogenated alkanes) is 14. The highest BCUT2D eigenvalue weighted by Gasteiger charge is 2.05. The van der Waals surface area contributed by atoms with Crippen LogP contribution in [0.1, 0.15) is 117 Å². The largest absolute Gasteiger partial charge is 0.450 e. The molecule has 0 saturated heterocycles. The molecule has 0 saturated carbocycles. The minimum absolute atomic E-state index is 0.0296. The molecule has 0 aliphatic heterocycles. The molecule has 0 aromatic carbocycles. The molecule has 23 heavy (non-hydrogen) atoms. The van der Waals surface area contributed by atoms with Crippen molar-refractivity contribution in [2.24, 2.45) is 0 Å². The monoisotopic (exact) mass is 326 g/mol. The van der Waals surface area contributed by atoms with Gasteiger partial charge in [-0.15, -0.1) is 0 Å². The summed E-state index contributed by atoms with van der Waals surface area (Å²) in [5.41, 5.74) is 0. The first-order valence-corrected chi connectivity index (χ1v) is 10.1. The second-order valence-corrected chi connectivity index (χ2v) is 7.07. The lowest BCUT2D eigenvalue weighted by Gasteiger charge is -2.09. The molecule has 0 spiro atoms. The lowest BCUT2D eigenvalue weighted by molar-refractivity contribution is 0.164. The Morgan fingerprint density at radius 3 is 1.39 bits per heavy atom. The second-order valence-electron chi connectivity index (χ2n) is 7.07. The molecule has 0 rings (SSSR count). The molecule has 137 valence electrons. The summed E-state index contributed by atoms with van der Waals surface area (Å²) in [6.45, 7) is 4.18. The molecule has 1 radical (unpaired) electrons. The van der Waals surface area contributed by atoms with Crippen molar-refractivity contribution in [1.82, 2.24) is 5.32 Å². The molecule has 1 unspecified atom stereocenters. The highest BCUT2D eigenvalue weighted by Crippen LogP contribution is 2.14. The van der Waals surface area contributed by atoms with Crippen molar-refractivity contribution < 1.29 is 9.90 Å². The lowest BCUT2D eigenvalue weighted by Crippen LogP contribution is -2.30. The van der Waals surface area contributed by atoms with Crippen molar-refractivity contribution in [1.29, 1.82) is 0 Å². The molecule has 0 aliphatic carbocycles. The van der Waals surface area contributed by atoms with Crippen LogP contribution in [0.3, 0.4) is 0 Å². The Morgan fingerprint density at radius 2 is 1.04 bits per heavy atom. The van der Waals surface area contributed by atoms with Gasteiger partial charge in [0.25, 0.3) is 0 Å². The molecule has 3 heteroatoms. The van der Waals surface area contributed by atoms with Gasteiger partial charge in [0.2, 0.25) is 0 Å². The number of hydrogen-bond donors (Lipinski definition) is 1. The van der Waals surface area contributed by atoms with Crippen LogP contribution in [0.5, 0.6) is 0 Å². The number of nitrogens with one attached hydrogen (secondary N) is 1. The van der Waals surface area contributed by atoms with E-state index in [0.717, 1.165) is 12.8 Å². The number of carbonyl (C=O) groups excluding carboxylic acids is 1. The molecule has 0 aromatic heterocycles. The van der Waals surface area contributed by atoms with Gasteiger partial charge in [-0.3, -0.25) is 0 Å². The number of hydrogen-bond acceptors (Lipinski definition) is 1. The van der Waals surface area contributed by atoms with Crippen LogP contribution in [0.25, 0.3) is 0 Å². The highest BCUT2D eigenvalue weighted by atomic mass is 16.4. The summed E-state index contributed by atoms with van der Waals surface area (Å²) in [6.07, 6.45) is 20.2. The summed E-state index contributed by atoms with van der Waals surface area (Å²) in [5, 5.41) is 12.7. The van der Waals surface area contributed by atoms with E-state index in [1.54, 1.807) is 0 Å². The third kappa shape index (κ3) is 19.2. The molecule has 0 aromatic rings. The van der Waals surface area contributed by atoms with E-state index in [2.05, 4.69) is 12.2 Å². The predicted molar refractivity (Wildman–Crippen MR) is 98.2 cm³/mol. The number of carbonyl (C=O) groups is 1. The van der Waals surface area contributed by atoms with Crippen molar-refractivity contribution in [2.45, 2.75) is 123 Å². The summed E-state index contributed by atoms with van der Waals surface area (Å²) in [5.74, 6) is 0. The maximum Gasteiger partial charge on any atom is 0.450 e. The van der Waals surface area contributed by atoms with E-state index in [9.17, 15) is 9.90 Å². The SMILES string of the molecule is CCCCCCCCCCCCCCCCCC(C)NC([O])=O. The molecular weight excluding hydrogens is 286 g/mol. The molecule has 1 N–H and O–H groups in total. The summed E-state index contributed by atoms with van der Waals surface area (Å²) >= 11 is 0.